The Labute approximate surface area is 113 Å². The molecule has 0 radical (unpaired) electrons. The number of hydrogen-bond donors (Lipinski definition) is 1. The normalized spacial score (nSPS) is 17.7. The molecular formula is C13H21N5O. The van der Waals surface area contributed by atoms with E-state index in [0.717, 1.165) is 18.9 Å². The Kier molecular flexibility index (Phi) is 4.31. The molecule has 1 saturated heterocycles. The van der Waals surface area contributed by atoms with E-state index in [9.17, 15) is 4.79 Å². The van der Waals surface area contributed by atoms with Crippen molar-refractivity contribution in [1.82, 2.24) is 14.9 Å². The van der Waals surface area contributed by atoms with E-state index in [1.54, 1.807) is 18.6 Å². The summed E-state index contributed by atoms with van der Waals surface area (Å²) in [4.78, 5) is 24.5. The maximum atomic E-state index is 12.1. The van der Waals surface area contributed by atoms with Crippen LogP contribution in [0.1, 0.15) is 13.8 Å². The minimum Gasteiger partial charge on any atom is -0.352 e. The monoisotopic (exact) mass is 263 g/mol. The molecule has 1 amide bonds. The van der Waals surface area contributed by atoms with Crippen LogP contribution in [0, 0.1) is 5.92 Å². The molecule has 0 unspecified atom stereocenters. The molecule has 1 aromatic heterocycles. The maximum Gasteiger partial charge on any atom is 0.239 e. The average Bonchev–Trinajstić information content (AvgIpc) is 2.46. The first-order valence-corrected chi connectivity index (χ1v) is 6.65. The SMILES string of the molecule is CC(C)[C@@H](N)C(=O)N1CCN(c2cnccn2)CC1. The third-order valence-electron chi connectivity index (χ3n) is 3.47. The molecule has 2 N–H and O–H groups in total. The van der Waals surface area contributed by atoms with Gasteiger partial charge in [0.15, 0.2) is 0 Å². The molecule has 1 aliphatic rings. The second-order valence-corrected chi connectivity index (χ2v) is 5.15. The molecule has 0 bridgehead atoms. The Morgan fingerprint density at radius 3 is 2.47 bits per heavy atom. The van der Waals surface area contributed by atoms with Crippen molar-refractivity contribution in [1.29, 1.82) is 0 Å². The molecule has 2 heterocycles. The van der Waals surface area contributed by atoms with Crippen molar-refractivity contribution < 1.29 is 4.79 Å². The standard InChI is InChI=1S/C13H21N5O/c1-10(2)12(14)13(19)18-7-5-17(6-8-18)11-9-15-3-4-16-11/h3-4,9-10,12H,5-8,14H2,1-2H3/t12-/m1/s1. The maximum absolute atomic E-state index is 12.1. The van der Waals surface area contributed by atoms with Crippen LogP contribution >= 0.6 is 0 Å². The number of rotatable bonds is 3. The van der Waals surface area contributed by atoms with Crippen LogP contribution in [0.4, 0.5) is 5.82 Å². The van der Waals surface area contributed by atoms with Gasteiger partial charge in [-0.15, -0.1) is 0 Å². The summed E-state index contributed by atoms with van der Waals surface area (Å²) in [5.41, 5.74) is 5.91. The summed E-state index contributed by atoms with van der Waals surface area (Å²) in [6.07, 6.45) is 5.09. The Morgan fingerprint density at radius 2 is 1.95 bits per heavy atom. The Balaban J connectivity index is 1.91. The van der Waals surface area contributed by atoms with Gasteiger partial charge in [0.2, 0.25) is 5.91 Å². The highest BCUT2D eigenvalue weighted by Gasteiger charge is 2.27. The van der Waals surface area contributed by atoms with E-state index in [0.29, 0.717) is 13.1 Å². The van der Waals surface area contributed by atoms with Gasteiger partial charge in [-0.25, -0.2) is 4.98 Å². The number of carbonyl (C=O) groups excluding carboxylic acids is 1. The van der Waals surface area contributed by atoms with Crippen LogP contribution < -0.4 is 10.6 Å². The fourth-order valence-electron chi connectivity index (χ4n) is 2.11. The van der Waals surface area contributed by atoms with Gasteiger partial charge >= 0.3 is 0 Å². The number of carbonyl (C=O) groups is 1. The molecule has 104 valence electrons. The summed E-state index contributed by atoms with van der Waals surface area (Å²) in [5, 5.41) is 0. The second kappa shape index (κ2) is 5.97. The van der Waals surface area contributed by atoms with Crippen LogP contribution in [0.3, 0.4) is 0 Å². The van der Waals surface area contributed by atoms with Gasteiger partial charge in [-0.3, -0.25) is 9.78 Å². The summed E-state index contributed by atoms with van der Waals surface area (Å²) >= 11 is 0. The molecule has 0 aliphatic carbocycles. The predicted octanol–water partition coefficient (Wildman–Crippen LogP) is 0.109. The summed E-state index contributed by atoms with van der Waals surface area (Å²) in [6.45, 7) is 6.87. The number of aromatic nitrogens is 2. The predicted molar refractivity (Wildman–Crippen MR) is 73.6 cm³/mol. The minimum absolute atomic E-state index is 0.0498. The smallest absolute Gasteiger partial charge is 0.239 e. The highest BCUT2D eigenvalue weighted by molar-refractivity contribution is 5.82. The molecule has 6 heteroatoms. The molecular weight excluding hydrogens is 242 g/mol. The van der Waals surface area contributed by atoms with Gasteiger partial charge in [0, 0.05) is 38.6 Å². The lowest BCUT2D eigenvalue weighted by Gasteiger charge is -2.36. The van der Waals surface area contributed by atoms with Crippen molar-refractivity contribution >= 4 is 11.7 Å². The van der Waals surface area contributed by atoms with Gasteiger partial charge in [-0.1, -0.05) is 13.8 Å². The van der Waals surface area contributed by atoms with Gasteiger partial charge in [-0.2, -0.15) is 0 Å². The topological polar surface area (TPSA) is 75.4 Å². The van der Waals surface area contributed by atoms with Gasteiger partial charge < -0.3 is 15.5 Å². The number of piperazine rings is 1. The van der Waals surface area contributed by atoms with Gasteiger partial charge in [0.1, 0.15) is 5.82 Å². The van der Waals surface area contributed by atoms with Crippen LogP contribution in [0.25, 0.3) is 0 Å². The molecule has 1 fully saturated rings. The molecule has 0 saturated carbocycles. The van der Waals surface area contributed by atoms with Crippen LogP contribution in [-0.2, 0) is 4.79 Å². The fraction of sp³-hybridized carbons (Fsp3) is 0.615. The van der Waals surface area contributed by atoms with Crippen LogP contribution in [-0.4, -0.2) is 53.0 Å². The summed E-state index contributed by atoms with van der Waals surface area (Å²) < 4.78 is 0. The van der Waals surface area contributed by atoms with Gasteiger partial charge in [0.05, 0.1) is 12.2 Å². The molecule has 1 atom stereocenters. The van der Waals surface area contributed by atoms with E-state index in [1.807, 2.05) is 18.7 Å². The number of hydrogen-bond acceptors (Lipinski definition) is 5. The zero-order valence-electron chi connectivity index (χ0n) is 11.5. The Bertz CT molecular complexity index is 414. The molecule has 19 heavy (non-hydrogen) atoms. The molecule has 6 nitrogen and oxygen atoms in total. The first-order chi connectivity index (χ1) is 9.09. The first-order valence-electron chi connectivity index (χ1n) is 6.65. The van der Waals surface area contributed by atoms with E-state index < -0.39 is 6.04 Å². The largest absolute Gasteiger partial charge is 0.352 e. The lowest BCUT2D eigenvalue weighted by Crippen LogP contribution is -2.54. The Hall–Kier alpha value is -1.69. The van der Waals surface area contributed by atoms with Crippen molar-refractivity contribution in [3.05, 3.63) is 18.6 Å². The van der Waals surface area contributed by atoms with Gasteiger partial charge in [-0.05, 0) is 5.92 Å². The molecule has 1 aliphatic heterocycles. The Morgan fingerprint density at radius 1 is 1.26 bits per heavy atom. The number of nitrogens with two attached hydrogens (primary N) is 1. The second-order valence-electron chi connectivity index (χ2n) is 5.15. The highest BCUT2D eigenvalue weighted by atomic mass is 16.2. The van der Waals surface area contributed by atoms with Crippen LogP contribution in [0.5, 0.6) is 0 Å². The van der Waals surface area contributed by atoms with Gasteiger partial charge in [0.25, 0.3) is 0 Å². The van der Waals surface area contributed by atoms with Crippen molar-refractivity contribution in [2.45, 2.75) is 19.9 Å². The third kappa shape index (κ3) is 3.20. The first kappa shape index (κ1) is 13.7. The van der Waals surface area contributed by atoms with Crippen LogP contribution in [0.15, 0.2) is 18.6 Å². The van der Waals surface area contributed by atoms with Crippen molar-refractivity contribution in [3.8, 4) is 0 Å². The number of amides is 1. The third-order valence-corrected chi connectivity index (χ3v) is 3.47. The number of nitrogens with zero attached hydrogens (tertiary/aromatic N) is 4. The molecule has 0 aromatic carbocycles. The van der Waals surface area contributed by atoms with E-state index in [4.69, 9.17) is 5.73 Å². The minimum atomic E-state index is -0.400. The van der Waals surface area contributed by atoms with Crippen LogP contribution in [0.2, 0.25) is 0 Å². The molecule has 1 aromatic rings. The van der Waals surface area contributed by atoms with E-state index in [-0.39, 0.29) is 11.8 Å². The summed E-state index contributed by atoms with van der Waals surface area (Å²) in [7, 11) is 0. The summed E-state index contributed by atoms with van der Waals surface area (Å²) in [5.74, 6) is 1.09. The van der Waals surface area contributed by atoms with Crippen molar-refractivity contribution in [2.75, 3.05) is 31.1 Å². The van der Waals surface area contributed by atoms with E-state index in [2.05, 4.69) is 14.9 Å². The molecule has 0 spiro atoms. The van der Waals surface area contributed by atoms with Crippen molar-refractivity contribution in [2.24, 2.45) is 11.7 Å². The lowest BCUT2D eigenvalue weighted by atomic mass is 10.0. The average molecular weight is 263 g/mol. The highest BCUT2D eigenvalue weighted by Crippen LogP contribution is 2.13. The molecule has 2 rings (SSSR count). The zero-order valence-corrected chi connectivity index (χ0v) is 11.5. The van der Waals surface area contributed by atoms with E-state index in [1.165, 1.54) is 0 Å². The number of anilines is 1. The quantitative estimate of drug-likeness (QED) is 0.837. The van der Waals surface area contributed by atoms with E-state index >= 15 is 0 Å². The lowest BCUT2D eigenvalue weighted by molar-refractivity contribution is -0.133. The zero-order chi connectivity index (χ0) is 13.8. The van der Waals surface area contributed by atoms with Crippen molar-refractivity contribution in [3.63, 3.8) is 0 Å². The summed E-state index contributed by atoms with van der Waals surface area (Å²) in [6, 6.07) is -0.400. The fourth-order valence-corrected chi connectivity index (χ4v) is 2.11.